The lowest BCUT2D eigenvalue weighted by Crippen LogP contribution is -2.33. The standard InChI is InChI=1S/C16H16ClNO3/c17-13-6-8-14(9-7-13)18(12-16(19)20)10-11-21-15-4-2-1-3-5-15/h1-9H,10-12H2,(H,19,20). The number of hydrogen-bond donors (Lipinski definition) is 1. The third-order valence-electron chi connectivity index (χ3n) is 2.89. The van der Waals surface area contributed by atoms with Gasteiger partial charge in [-0.3, -0.25) is 4.79 Å². The number of carbonyl (C=O) groups is 1. The lowest BCUT2D eigenvalue weighted by atomic mass is 10.3. The Hall–Kier alpha value is -2.20. The van der Waals surface area contributed by atoms with Crippen molar-refractivity contribution in [3.8, 4) is 5.75 Å². The van der Waals surface area contributed by atoms with Crippen LogP contribution in [0.15, 0.2) is 54.6 Å². The van der Waals surface area contributed by atoms with Crippen LogP contribution in [0.1, 0.15) is 0 Å². The number of halogens is 1. The smallest absolute Gasteiger partial charge is 0.323 e. The molecule has 0 radical (unpaired) electrons. The van der Waals surface area contributed by atoms with Crippen molar-refractivity contribution in [1.82, 2.24) is 0 Å². The Bertz CT molecular complexity index is 572. The molecular formula is C16H16ClNO3. The van der Waals surface area contributed by atoms with Crippen LogP contribution in [0.25, 0.3) is 0 Å². The quantitative estimate of drug-likeness (QED) is 0.852. The Morgan fingerprint density at radius 1 is 1.10 bits per heavy atom. The normalized spacial score (nSPS) is 10.1. The number of hydrogen-bond acceptors (Lipinski definition) is 3. The van der Waals surface area contributed by atoms with Gasteiger partial charge >= 0.3 is 5.97 Å². The number of benzene rings is 2. The maximum absolute atomic E-state index is 11.0. The summed E-state index contributed by atoms with van der Waals surface area (Å²) < 4.78 is 5.60. The first-order valence-electron chi connectivity index (χ1n) is 6.55. The van der Waals surface area contributed by atoms with Crippen molar-refractivity contribution >= 4 is 23.3 Å². The molecule has 0 bridgehead atoms. The second kappa shape index (κ2) is 7.55. The molecule has 0 spiro atoms. The molecule has 2 aromatic rings. The van der Waals surface area contributed by atoms with Gasteiger partial charge in [0.05, 0.1) is 6.54 Å². The van der Waals surface area contributed by atoms with Crippen molar-refractivity contribution in [1.29, 1.82) is 0 Å². The Morgan fingerprint density at radius 3 is 2.38 bits per heavy atom. The first-order valence-corrected chi connectivity index (χ1v) is 6.93. The fourth-order valence-corrected chi connectivity index (χ4v) is 2.03. The Kier molecular flexibility index (Phi) is 5.46. The van der Waals surface area contributed by atoms with E-state index < -0.39 is 5.97 Å². The van der Waals surface area contributed by atoms with Gasteiger partial charge in [-0.25, -0.2) is 0 Å². The number of carboxylic acids is 1. The lowest BCUT2D eigenvalue weighted by Gasteiger charge is -2.23. The van der Waals surface area contributed by atoms with Crippen LogP contribution < -0.4 is 9.64 Å². The van der Waals surface area contributed by atoms with Crippen LogP contribution in [-0.4, -0.2) is 30.8 Å². The van der Waals surface area contributed by atoms with Crippen LogP contribution in [-0.2, 0) is 4.79 Å². The molecule has 0 saturated heterocycles. The Balaban J connectivity index is 1.96. The molecule has 0 aliphatic heterocycles. The number of aliphatic carboxylic acids is 1. The second-order valence-corrected chi connectivity index (χ2v) is 4.89. The number of ether oxygens (including phenoxy) is 1. The summed E-state index contributed by atoms with van der Waals surface area (Å²) in [4.78, 5) is 12.7. The van der Waals surface area contributed by atoms with Crippen LogP contribution in [0, 0.1) is 0 Å². The van der Waals surface area contributed by atoms with Gasteiger partial charge in [0.25, 0.3) is 0 Å². The molecule has 0 heterocycles. The monoisotopic (exact) mass is 305 g/mol. The summed E-state index contributed by atoms with van der Waals surface area (Å²) in [5.41, 5.74) is 0.804. The molecule has 0 saturated carbocycles. The third-order valence-corrected chi connectivity index (χ3v) is 3.14. The van der Waals surface area contributed by atoms with E-state index in [0.29, 0.717) is 18.2 Å². The van der Waals surface area contributed by atoms with Gasteiger partial charge in [-0.2, -0.15) is 0 Å². The van der Waals surface area contributed by atoms with E-state index in [1.807, 2.05) is 30.3 Å². The molecule has 5 heteroatoms. The fraction of sp³-hybridized carbons (Fsp3) is 0.188. The first kappa shape index (κ1) is 15.2. The molecule has 0 fully saturated rings. The van der Waals surface area contributed by atoms with E-state index >= 15 is 0 Å². The average Bonchev–Trinajstić information content (AvgIpc) is 2.48. The zero-order chi connectivity index (χ0) is 15.1. The zero-order valence-electron chi connectivity index (χ0n) is 11.4. The second-order valence-electron chi connectivity index (χ2n) is 4.45. The van der Waals surface area contributed by atoms with Gasteiger partial charge in [0.1, 0.15) is 18.9 Å². The summed E-state index contributed by atoms with van der Waals surface area (Å²) >= 11 is 5.85. The minimum absolute atomic E-state index is 0.0835. The summed E-state index contributed by atoms with van der Waals surface area (Å²) in [7, 11) is 0. The molecule has 0 unspecified atom stereocenters. The van der Waals surface area contributed by atoms with Gasteiger partial charge in [-0.05, 0) is 36.4 Å². The average molecular weight is 306 g/mol. The summed E-state index contributed by atoms with van der Waals surface area (Å²) in [6, 6.07) is 16.5. The predicted molar refractivity (Wildman–Crippen MR) is 83.2 cm³/mol. The Labute approximate surface area is 128 Å². The number of para-hydroxylation sites is 1. The van der Waals surface area contributed by atoms with E-state index in [0.717, 1.165) is 11.4 Å². The molecular weight excluding hydrogens is 290 g/mol. The van der Waals surface area contributed by atoms with E-state index in [2.05, 4.69) is 0 Å². The zero-order valence-corrected chi connectivity index (χ0v) is 12.2. The van der Waals surface area contributed by atoms with E-state index in [-0.39, 0.29) is 6.54 Å². The summed E-state index contributed by atoms with van der Waals surface area (Å²) in [6.45, 7) is 0.794. The van der Waals surface area contributed by atoms with Gasteiger partial charge in [0.2, 0.25) is 0 Å². The topological polar surface area (TPSA) is 49.8 Å². The molecule has 110 valence electrons. The summed E-state index contributed by atoms with van der Waals surface area (Å²) in [5, 5.41) is 9.63. The third kappa shape index (κ3) is 5.00. The summed E-state index contributed by atoms with van der Waals surface area (Å²) in [6.07, 6.45) is 0. The lowest BCUT2D eigenvalue weighted by molar-refractivity contribution is -0.135. The molecule has 2 aromatic carbocycles. The maximum Gasteiger partial charge on any atom is 0.323 e. The van der Waals surface area contributed by atoms with E-state index in [1.165, 1.54) is 0 Å². The van der Waals surface area contributed by atoms with E-state index in [4.69, 9.17) is 21.4 Å². The van der Waals surface area contributed by atoms with Crippen LogP contribution >= 0.6 is 11.6 Å². The molecule has 4 nitrogen and oxygen atoms in total. The largest absolute Gasteiger partial charge is 0.492 e. The van der Waals surface area contributed by atoms with E-state index in [9.17, 15) is 4.79 Å². The van der Waals surface area contributed by atoms with Crippen molar-refractivity contribution in [2.45, 2.75) is 0 Å². The van der Waals surface area contributed by atoms with Gasteiger partial charge in [-0.15, -0.1) is 0 Å². The number of rotatable bonds is 7. The molecule has 0 atom stereocenters. The van der Waals surface area contributed by atoms with Crippen molar-refractivity contribution in [3.05, 3.63) is 59.6 Å². The Morgan fingerprint density at radius 2 is 1.76 bits per heavy atom. The highest BCUT2D eigenvalue weighted by Gasteiger charge is 2.10. The van der Waals surface area contributed by atoms with Crippen LogP contribution in [0.4, 0.5) is 5.69 Å². The van der Waals surface area contributed by atoms with Gasteiger partial charge < -0.3 is 14.7 Å². The molecule has 0 aromatic heterocycles. The SMILES string of the molecule is O=C(O)CN(CCOc1ccccc1)c1ccc(Cl)cc1. The van der Waals surface area contributed by atoms with Crippen molar-refractivity contribution in [3.63, 3.8) is 0 Å². The van der Waals surface area contributed by atoms with Crippen molar-refractivity contribution < 1.29 is 14.6 Å². The first-order chi connectivity index (χ1) is 10.1. The van der Waals surface area contributed by atoms with Crippen LogP contribution in [0.3, 0.4) is 0 Å². The van der Waals surface area contributed by atoms with Crippen LogP contribution in [0.5, 0.6) is 5.75 Å². The minimum atomic E-state index is -0.885. The van der Waals surface area contributed by atoms with Gasteiger partial charge in [0, 0.05) is 10.7 Å². The highest BCUT2D eigenvalue weighted by Crippen LogP contribution is 2.18. The summed E-state index contributed by atoms with van der Waals surface area (Å²) in [5.74, 6) is -0.117. The molecule has 0 aliphatic carbocycles. The molecule has 1 N–H and O–H groups in total. The highest BCUT2D eigenvalue weighted by molar-refractivity contribution is 6.30. The molecule has 0 aliphatic rings. The van der Waals surface area contributed by atoms with Gasteiger partial charge in [-0.1, -0.05) is 29.8 Å². The number of anilines is 1. The fourth-order valence-electron chi connectivity index (χ4n) is 1.91. The molecule has 21 heavy (non-hydrogen) atoms. The number of carboxylic acid groups (broad SMARTS) is 1. The minimum Gasteiger partial charge on any atom is -0.492 e. The number of nitrogens with zero attached hydrogens (tertiary/aromatic N) is 1. The van der Waals surface area contributed by atoms with Crippen molar-refractivity contribution in [2.75, 3.05) is 24.6 Å². The maximum atomic E-state index is 11.0. The predicted octanol–water partition coefficient (Wildman–Crippen LogP) is 3.31. The molecule has 2 rings (SSSR count). The highest BCUT2D eigenvalue weighted by atomic mass is 35.5. The van der Waals surface area contributed by atoms with Crippen LogP contribution in [0.2, 0.25) is 5.02 Å². The molecule has 0 amide bonds. The van der Waals surface area contributed by atoms with Gasteiger partial charge in [0.15, 0.2) is 0 Å². The van der Waals surface area contributed by atoms with Crippen molar-refractivity contribution in [2.24, 2.45) is 0 Å². The van der Waals surface area contributed by atoms with E-state index in [1.54, 1.807) is 29.2 Å².